The summed E-state index contributed by atoms with van der Waals surface area (Å²) < 4.78 is 10.1. The fourth-order valence-electron chi connectivity index (χ4n) is 2.59. The molecule has 110 valence electrons. The van der Waals surface area contributed by atoms with Crippen molar-refractivity contribution in [3.63, 3.8) is 0 Å². The van der Waals surface area contributed by atoms with Gasteiger partial charge in [0.2, 0.25) is 5.91 Å². The summed E-state index contributed by atoms with van der Waals surface area (Å²) in [6, 6.07) is 10.5. The average molecular weight is 277 g/mol. The van der Waals surface area contributed by atoms with Crippen molar-refractivity contribution in [2.45, 2.75) is 24.7 Å². The molecule has 0 unspecified atom stereocenters. The van der Waals surface area contributed by atoms with Crippen LogP contribution >= 0.6 is 0 Å². The molecule has 0 aromatic heterocycles. The standard InChI is InChI=1S/C16H23NO3/c1-19-10-11-20-12-15(18)17-13-16(8-5-9-16)14-6-3-2-4-7-14/h2-4,6-7H,5,8-13H2,1H3,(H,17,18). The van der Waals surface area contributed by atoms with E-state index in [-0.39, 0.29) is 17.9 Å². The van der Waals surface area contributed by atoms with Crippen LogP contribution in [0.1, 0.15) is 24.8 Å². The Kier molecular flexibility index (Phi) is 5.56. The van der Waals surface area contributed by atoms with Crippen LogP contribution in [-0.2, 0) is 19.7 Å². The molecule has 0 atom stereocenters. The molecule has 2 rings (SSSR count). The van der Waals surface area contributed by atoms with Crippen molar-refractivity contribution in [3.8, 4) is 0 Å². The van der Waals surface area contributed by atoms with Crippen molar-refractivity contribution in [1.82, 2.24) is 5.32 Å². The van der Waals surface area contributed by atoms with E-state index in [0.29, 0.717) is 19.8 Å². The number of methoxy groups -OCH3 is 1. The van der Waals surface area contributed by atoms with E-state index >= 15 is 0 Å². The number of ether oxygens (including phenoxy) is 2. The van der Waals surface area contributed by atoms with Crippen LogP contribution in [0.4, 0.5) is 0 Å². The minimum Gasteiger partial charge on any atom is -0.382 e. The van der Waals surface area contributed by atoms with Crippen LogP contribution in [0.3, 0.4) is 0 Å². The first-order valence-corrected chi connectivity index (χ1v) is 7.16. The Balaban J connectivity index is 1.78. The Morgan fingerprint density at radius 2 is 2.00 bits per heavy atom. The molecule has 4 nitrogen and oxygen atoms in total. The summed E-state index contributed by atoms with van der Waals surface area (Å²) in [6.45, 7) is 1.77. The third kappa shape index (κ3) is 3.81. The van der Waals surface area contributed by atoms with Crippen molar-refractivity contribution in [1.29, 1.82) is 0 Å². The minimum absolute atomic E-state index is 0.0525. The summed E-state index contributed by atoms with van der Waals surface area (Å²) >= 11 is 0. The molecule has 0 bridgehead atoms. The van der Waals surface area contributed by atoms with Gasteiger partial charge in [-0.1, -0.05) is 36.8 Å². The highest BCUT2D eigenvalue weighted by atomic mass is 16.5. The van der Waals surface area contributed by atoms with Crippen LogP contribution in [0, 0.1) is 0 Å². The number of hydrogen-bond donors (Lipinski definition) is 1. The van der Waals surface area contributed by atoms with E-state index in [1.54, 1.807) is 7.11 Å². The maximum Gasteiger partial charge on any atom is 0.246 e. The minimum atomic E-state index is -0.0525. The molecular weight excluding hydrogens is 254 g/mol. The zero-order valence-electron chi connectivity index (χ0n) is 12.1. The van der Waals surface area contributed by atoms with Crippen molar-refractivity contribution in [2.24, 2.45) is 0 Å². The van der Waals surface area contributed by atoms with Crippen molar-refractivity contribution in [2.75, 3.05) is 33.5 Å². The van der Waals surface area contributed by atoms with Gasteiger partial charge in [-0.15, -0.1) is 0 Å². The van der Waals surface area contributed by atoms with E-state index in [1.807, 2.05) is 6.07 Å². The number of benzene rings is 1. The summed E-state index contributed by atoms with van der Waals surface area (Å²) in [5.74, 6) is -0.0525. The second kappa shape index (κ2) is 7.41. The number of carbonyl (C=O) groups is 1. The molecule has 1 aliphatic carbocycles. The Hall–Kier alpha value is -1.39. The van der Waals surface area contributed by atoms with E-state index in [2.05, 4.69) is 29.6 Å². The van der Waals surface area contributed by atoms with Crippen LogP contribution in [0.25, 0.3) is 0 Å². The zero-order chi connectivity index (χ0) is 14.3. The van der Waals surface area contributed by atoms with E-state index in [0.717, 1.165) is 12.8 Å². The van der Waals surface area contributed by atoms with Crippen molar-refractivity contribution >= 4 is 5.91 Å². The van der Waals surface area contributed by atoms with E-state index in [4.69, 9.17) is 9.47 Å². The van der Waals surface area contributed by atoms with Gasteiger partial charge in [-0.05, 0) is 18.4 Å². The second-order valence-corrected chi connectivity index (χ2v) is 5.32. The molecular formula is C16H23NO3. The molecule has 4 heteroatoms. The lowest BCUT2D eigenvalue weighted by atomic mass is 9.64. The first-order valence-electron chi connectivity index (χ1n) is 7.16. The highest BCUT2D eigenvalue weighted by Gasteiger charge is 2.38. The van der Waals surface area contributed by atoms with E-state index < -0.39 is 0 Å². The van der Waals surface area contributed by atoms with Crippen LogP contribution in [0.15, 0.2) is 30.3 Å². The summed E-state index contributed by atoms with van der Waals surface area (Å²) in [5.41, 5.74) is 1.45. The molecule has 1 saturated carbocycles. The molecule has 1 aromatic carbocycles. The quantitative estimate of drug-likeness (QED) is 0.738. The lowest BCUT2D eigenvalue weighted by molar-refractivity contribution is -0.126. The van der Waals surface area contributed by atoms with Crippen LogP contribution in [-0.4, -0.2) is 39.4 Å². The highest BCUT2D eigenvalue weighted by Crippen LogP contribution is 2.43. The average Bonchev–Trinajstić information content (AvgIpc) is 2.44. The molecule has 0 aliphatic heterocycles. The van der Waals surface area contributed by atoms with Gasteiger partial charge in [0.25, 0.3) is 0 Å². The monoisotopic (exact) mass is 277 g/mol. The van der Waals surface area contributed by atoms with Gasteiger partial charge in [-0.3, -0.25) is 4.79 Å². The fraction of sp³-hybridized carbons (Fsp3) is 0.562. The molecule has 0 spiro atoms. The zero-order valence-corrected chi connectivity index (χ0v) is 12.1. The normalized spacial score (nSPS) is 16.4. The van der Waals surface area contributed by atoms with Gasteiger partial charge in [-0.2, -0.15) is 0 Å². The van der Waals surface area contributed by atoms with Gasteiger partial charge in [0.05, 0.1) is 13.2 Å². The lowest BCUT2D eigenvalue weighted by Crippen LogP contribution is -2.46. The molecule has 20 heavy (non-hydrogen) atoms. The largest absolute Gasteiger partial charge is 0.382 e. The molecule has 0 saturated heterocycles. The molecule has 1 fully saturated rings. The van der Waals surface area contributed by atoms with Crippen LogP contribution in [0.5, 0.6) is 0 Å². The third-order valence-electron chi connectivity index (χ3n) is 3.99. The molecule has 1 aromatic rings. The highest BCUT2D eigenvalue weighted by molar-refractivity contribution is 5.77. The molecule has 0 heterocycles. The molecule has 0 radical (unpaired) electrons. The Labute approximate surface area is 120 Å². The van der Waals surface area contributed by atoms with Gasteiger partial charge in [0.1, 0.15) is 6.61 Å². The summed E-state index contributed by atoms with van der Waals surface area (Å²) in [6.07, 6.45) is 3.51. The number of rotatable bonds is 8. The topological polar surface area (TPSA) is 47.6 Å². The Morgan fingerprint density at radius 1 is 1.25 bits per heavy atom. The summed E-state index contributed by atoms with van der Waals surface area (Å²) in [7, 11) is 1.61. The molecule has 1 N–H and O–H groups in total. The van der Waals surface area contributed by atoms with Gasteiger partial charge in [0, 0.05) is 19.1 Å². The smallest absolute Gasteiger partial charge is 0.246 e. The molecule has 1 aliphatic rings. The van der Waals surface area contributed by atoms with Gasteiger partial charge < -0.3 is 14.8 Å². The Bertz CT molecular complexity index is 415. The van der Waals surface area contributed by atoms with Crippen molar-refractivity contribution in [3.05, 3.63) is 35.9 Å². The second-order valence-electron chi connectivity index (χ2n) is 5.32. The summed E-state index contributed by atoms with van der Waals surface area (Å²) in [5, 5.41) is 3.00. The maximum atomic E-state index is 11.7. The third-order valence-corrected chi connectivity index (χ3v) is 3.99. The van der Waals surface area contributed by atoms with Gasteiger partial charge >= 0.3 is 0 Å². The SMILES string of the molecule is COCCOCC(=O)NCC1(c2ccccc2)CCC1. The number of carbonyl (C=O) groups excluding carboxylic acids is 1. The maximum absolute atomic E-state index is 11.7. The van der Waals surface area contributed by atoms with Gasteiger partial charge in [0.15, 0.2) is 0 Å². The first-order chi connectivity index (χ1) is 9.77. The first kappa shape index (κ1) is 15.0. The summed E-state index contributed by atoms with van der Waals surface area (Å²) in [4.78, 5) is 11.7. The van der Waals surface area contributed by atoms with E-state index in [9.17, 15) is 4.79 Å². The van der Waals surface area contributed by atoms with Crippen molar-refractivity contribution < 1.29 is 14.3 Å². The number of hydrogen-bond acceptors (Lipinski definition) is 3. The van der Waals surface area contributed by atoms with Crippen LogP contribution in [0.2, 0.25) is 0 Å². The van der Waals surface area contributed by atoms with Gasteiger partial charge in [-0.25, -0.2) is 0 Å². The molecule has 1 amide bonds. The predicted molar refractivity (Wildman–Crippen MR) is 77.7 cm³/mol. The fourth-order valence-corrected chi connectivity index (χ4v) is 2.59. The van der Waals surface area contributed by atoms with E-state index in [1.165, 1.54) is 12.0 Å². The lowest BCUT2D eigenvalue weighted by Gasteiger charge is -2.42. The van der Waals surface area contributed by atoms with Crippen LogP contribution < -0.4 is 5.32 Å². The predicted octanol–water partition coefficient (Wildman–Crippen LogP) is 1.89. The Morgan fingerprint density at radius 3 is 2.60 bits per heavy atom. The number of amides is 1. The number of nitrogens with one attached hydrogen (secondary N) is 1.